The van der Waals surface area contributed by atoms with Crippen LogP contribution < -0.4 is 5.73 Å². The van der Waals surface area contributed by atoms with Gasteiger partial charge >= 0.3 is 0 Å². The van der Waals surface area contributed by atoms with E-state index in [1.54, 1.807) is 0 Å². The Morgan fingerprint density at radius 2 is 1.83 bits per heavy atom. The highest BCUT2D eigenvalue weighted by Gasteiger charge is 2.34. The topological polar surface area (TPSA) is 29.3 Å². The SMILES string of the molecule is CC1CC(C)C(N(C)Cc2ccccc2)C(N)C1. The third-order valence-corrected chi connectivity index (χ3v) is 4.25. The molecular formula is C16H26N2. The zero-order chi connectivity index (χ0) is 13.1. The van der Waals surface area contributed by atoms with Gasteiger partial charge in [0.15, 0.2) is 0 Å². The second-order valence-corrected chi connectivity index (χ2v) is 6.11. The first kappa shape index (κ1) is 13.6. The van der Waals surface area contributed by atoms with E-state index in [-0.39, 0.29) is 0 Å². The normalized spacial score (nSPS) is 32.7. The molecule has 4 unspecified atom stereocenters. The molecule has 0 aromatic heterocycles. The molecular weight excluding hydrogens is 220 g/mol. The van der Waals surface area contributed by atoms with E-state index in [0.717, 1.165) is 18.9 Å². The number of nitrogens with two attached hydrogens (primary N) is 1. The van der Waals surface area contributed by atoms with E-state index in [0.29, 0.717) is 18.0 Å². The minimum absolute atomic E-state index is 0.317. The molecule has 0 spiro atoms. The Balaban J connectivity index is 2.01. The molecule has 0 bridgehead atoms. The van der Waals surface area contributed by atoms with Crippen LogP contribution in [0.2, 0.25) is 0 Å². The van der Waals surface area contributed by atoms with Crippen molar-refractivity contribution >= 4 is 0 Å². The van der Waals surface area contributed by atoms with Crippen molar-refractivity contribution in [2.45, 2.75) is 45.3 Å². The summed E-state index contributed by atoms with van der Waals surface area (Å²) in [5, 5.41) is 0. The molecule has 18 heavy (non-hydrogen) atoms. The fraction of sp³-hybridized carbons (Fsp3) is 0.625. The van der Waals surface area contributed by atoms with Crippen LogP contribution in [0.4, 0.5) is 0 Å². The summed E-state index contributed by atoms with van der Waals surface area (Å²) >= 11 is 0. The molecule has 2 heteroatoms. The highest BCUT2D eigenvalue weighted by Crippen LogP contribution is 2.31. The van der Waals surface area contributed by atoms with Crippen LogP contribution >= 0.6 is 0 Å². The van der Waals surface area contributed by atoms with Gasteiger partial charge in [-0.2, -0.15) is 0 Å². The maximum atomic E-state index is 6.37. The molecule has 0 heterocycles. The van der Waals surface area contributed by atoms with Gasteiger partial charge in [-0.15, -0.1) is 0 Å². The summed E-state index contributed by atoms with van der Waals surface area (Å²) in [7, 11) is 2.21. The lowest BCUT2D eigenvalue weighted by atomic mass is 9.76. The maximum Gasteiger partial charge on any atom is 0.0273 e. The van der Waals surface area contributed by atoms with Crippen molar-refractivity contribution in [3.8, 4) is 0 Å². The van der Waals surface area contributed by atoms with Crippen molar-refractivity contribution < 1.29 is 0 Å². The third-order valence-electron chi connectivity index (χ3n) is 4.25. The minimum Gasteiger partial charge on any atom is -0.326 e. The van der Waals surface area contributed by atoms with Gasteiger partial charge in [0, 0.05) is 18.6 Å². The zero-order valence-corrected chi connectivity index (χ0v) is 11.8. The third kappa shape index (κ3) is 3.12. The van der Waals surface area contributed by atoms with E-state index >= 15 is 0 Å². The Morgan fingerprint density at radius 3 is 2.44 bits per heavy atom. The van der Waals surface area contributed by atoms with E-state index in [2.05, 4.69) is 56.1 Å². The summed E-state index contributed by atoms with van der Waals surface area (Å²) in [6, 6.07) is 11.5. The van der Waals surface area contributed by atoms with Crippen LogP contribution in [0, 0.1) is 11.8 Å². The standard InChI is InChI=1S/C16H26N2/c1-12-9-13(2)16(15(17)10-12)18(3)11-14-7-5-4-6-8-14/h4-8,12-13,15-16H,9-11,17H2,1-3H3. The van der Waals surface area contributed by atoms with Gasteiger partial charge in [-0.25, -0.2) is 0 Å². The van der Waals surface area contributed by atoms with Gasteiger partial charge in [0.25, 0.3) is 0 Å². The first-order valence-electron chi connectivity index (χ1n) is 7.07. The van der Waals surface area contributed by atoms with Gasteiger partial charge in [0.2, 0.25) is 0 Å². The highest BCUT2D eigenvalue weighted by atomic mass is 15.2. The van der Waals surface area contributed by atoms with Crippen LogP contribution in [0.5, 0.6) is 0 Å². The second-order valence-electron chi connectivity index (χ2n) is 6.11. The summed E-state index contributed by atoms with van der Waals surface area (Å²) < 4.78 is 0. The van der Waals surface area contributed by atoms with Crippen LogP contribution in [0.1, 0.15) is 32.3 Å². The van der Waals surface area contributed by atoms with Crippen molar-refractivity contribution in [3.05, 3.63) is 35.9 Å². The van der Waals surface area contributed by atoms with Gasteiger partial charge in [-0.3, -0.25) is 4.90 Å². The number of rotatable bonds is 3. The van der Waals surface area contributed by atoms with Crippen molar-refractivity contribution in [2.75, 3.05) is 7.05 Å². The zero-order valence-electron chi connectivity index (χ0n) is 11.8. The molecule has 1 aliphatic rings. The van der Waals surface area contributed by atoms with E-state index in [1.165, 1.54) is 12.0 Å². The number of nitrogens with zero attached hydrogens (tertiary/aromatic N) is 1. The van der Waals surface area contributed by atoms with Gasteiger partial charge in [0.1, 0.15) is 0 Å². The quantitative estimate of drug-likeness (QED) is 0.888. The molecule has 2 N–H and O–H groups in total. The molecule has 1 aliphatic carbocycles. The van der Waals surface area contributed by atoms with Gasteiger partial charge in [0.05, 0.1) is 0 Å². The summed E-state index contributed by atoms with van der Waals surface area (Å²) in [6.07, 6.45) is 2.46. The summed E-state index contributed by atoms with van der Waals surface area (Å²) in [4.78, 5) is 2.44. The Bertz CT molecular complexity index is 351. The lowest BCUT2D eigenvalue weighted by Crippen LogP contribution is -2.53. The van der Waals surface area contributed by atoms with E-state index in [4.69, 9.17) is 5.73 Å². The maximum absolute atomic E-state index is 6.37. The number of hydrogen-bond acceptors (Lipinski definition) is 2. The lowest BCUT2D eigenvalue weighted by molar-refractivity contribution is 0.0911. The van der Waals surface area contributed by atoms with E-state index in [1.807, 2.05) is 0 Å². The number of benzene rings is 1. The first-order valence-corrected chi connectivity index (χ1v) is 7.07. The fourth-order valence-electron chi connectivity index (χ4n) is 3.63. The van der Waals surface area contributed by atoms with Crippen LogP contribution in [0.3, 0.4) is 0 Å². The van der Waals surface area contributed by atoms with Crippen molar-refractivity contribution in [2.24, 2.45) is 17.6 Å². The van der Waals surface area contributed by atoms with Crippen molar-refractivity contribution in [1.82, 2.24) is 4.90 Å². The molecule has 100 valence electrons. The second kappa shape index (κ2) is 5.85. The van der Waals surface area contributed by atoms with Crippen LogP contribution in [-0.2, 0) is 6.54 Å². The molecule has 1 aromatic carbocycles. The van der Waals surface area contributed by atoms with E-state index < -0.39 is 0 Å². The van der Waals surface area contributed by atoms with Crippen LogP contribution in [0.25, 0.3) is 0 Å². The predicted octanol–water partition coefficient (Wildman–Crippen LogP) is 2.88. The molecule has 2 nitrogen and oxygen atoms in total. The minimum atomic E-state index is 0.317. The fourth-order valence-corrected chi connectivity index (χ4v) is 3.63. The molecule has 0 saturated heterocycles. The largest absolute Gasteiger partial charge is 0.326 e. The Kier molecular flexibility index (Phi) is 4.41. The average Bonchev–Trinajstić information content (AvgIpc) is 2.28. The molecule has 1 saturated carbocycles. The van der Waals surface area contributed by atoms with Gasteiger partial charge < -0.3 is 5.73 Å². The Labute approximate surface area is 111 Å². The monoisotopic (exact) mass is 246 g/mol. The summed E-state index contributed by atoms with van der Waals surface area (Å²) in [5.41, 5.74) is 7.75. The van der Waals surface area contributed by atoms with Gasteiger partial charge in [-0.05, 0) is 37.3 Å². The first-order chi connectivity index (χ1) is 8.58. The molecule has 0 aliphatic heterocycles. The highest BCUT2D eigenvalue weighted by molar-refractivity contribution is 5.14. The van der Waals surface area contributed by atoms with Crippen molar-refractivity contribution in [3.63, 3.8) is 0 Å². The molecule has 0 amide bonds. The van der Waals surface area contributed by atoms with E-state index in [9.17, 15) is 0 Å². The Morgan fingerprint density at radius 1 is 1.17 bits per heavy atom. The van der Waals surface area contributed by atoms with Gasteiger partial charge in [-0.1, -0.05) is 44.2 Å². The summed E-state index contributed by atoms with van der Waals surface area (Å²) in [6.45, 7) is 5.67. The molecule has 1 aromatic rings. The summed E-state index contributed by atoms with van der Waals surface area (Å²) in [5.74, 6) is 1.47. The molecule has 1 fully saturated rings. The predicted molar refractivity (Wildman–Crippen MR) is 77.2 cm³/mol. The average molecular weight is 246 g/mol. The van der Waals surface area contributed by atoms with Crippen LogP contribution in [-0.4, -0.2) is 24.0 Å². The Hall–Kier alpha value is -0.860. The molecule has 2 rings (SSSR count). The number of hydrogen-bond donors (Lipinski definition) is 1. The van der Waals surface area contributed by atoms with Crippen molar-refractivity contribution in [1.29, 1.82) is 0 Å². The molecule has 0 radical (unpaired) electrons. The smallest absolute Gasteiger partial charge is 0.0273 e. The lowest BCUT2D eigenvalue weighted by Gasteiger charge is -2.43. The number of likely N-dealkylation sites (N-methyl/N-ethyl adjacent to an activating group) is 1. The molecule has 4 atom stereocenters. The van der Waals surface area contributed by atoms with Crippen LogP contribution in [0.15, 0.2) is 30.3 Å².